The lowest BCUT2D eigenvalue weighted by molar-refractivity contribution is -0.142. The van der Waals surface area contributed by atoms with Gasteiger partial charge in [-0.2, -0.15) is 0 Å². The summed E-state index contributed by atoms with van der Waals surface area (Å²) in [7, 11) is 2.03. The average Bonchev–Trinajstić information content (AvgIpc) is 2.80. The highest BCUT2D eigenvalue weighted by atomic mass is 16.5. The van der Waals surface area contributed by atoms with E-state index in [1.807, 2.05) is 7.05 Å². The van der Waals surface area contributed by atoms with Crippen molar-refractivity contribution >= 4 is 12.0 Å². The molecule has 0 aromatic rings. The van der Waals surface area contributed by atoms with Gasteiger partial charge in [-0.25, -0.2) is 4.79 Å². The van der Waals surface area contributed by atoms with Crippen LogP contribution in [0.15, 0.2) is 0 Å². The van der Waals surface area contributed by atoms with Crippen LogP contribution in [-0.2, 0) is 9.53 Å². The number of hydrogen-bond acceptors (Lipinski definition) is 4. The third-order valence-electron chi connectivity index (χ3n) is 3.95. The predicted molar refractivity (Wildman–Crippen MR) is 67.9 cm³/mol. The van der Waals surface area contributed by atoms with Crippen LogP contribution in [0.1, 0.15) is 6.92 Å². The van der Waals surface area contributed by atoms with Gasteiger partial charge in [0.1, 0.15) is 5.92 Å². The lowest BCUT2D eigenvalue weighted by atomic mass is 10.0. The first-order valence-electron chi connectivity index (χ1n) is 6.55. The van der Waals surface area contributed by atoms with Crippen molar-refractivity contribution in [2.45, 2.75) is 19.0 Å². The van der Waals surface area contributed by atoms with Gasteiger partial charge in [0, 0.05) is 25.7 Å². The first-order valence-corrected chi connectivity index (χ1v) is 6.55. The Morgan fingerprint density at radius 3 is 2.68 bits per heavy atom. The minimum atomic E-state index is -0.922. The number of carboxylic acid groups (broad SMARTS) is 1. The summed E-state index contributed by atoms with van der Waals surface area (Å²) in [5, 5.41) is 11.8. The van der Waals surface area contributed by atoms with Crippen LogP contribution in [0, 0.1) is 5.92 Å². The van der Waals surface area contributed by atoms with Crippen LogP contribution in [0.3, 0.4) is 0 Å². The number of aliphatic carboxylic acids is 1. The summed E-state index contributed by atoms with van der Waals surface area (Å²) < 4.78 is 5.14. The van der Waals surface area contributed by atoms with Gasteiger partial charge in [0.25, 0.3) is 0 Å². The maximum Gasteiger partial charge on any atom is 0.317 e. The van der Waals surface area contributed by atoms with E-state index in [4.69, 9.17) is 9.84 Å². The number of carbonyl (C=O) groups is 2. The molecule has 2 saturated heterocycles. The molecule has 19 heavy (non-hydrogen) atoms. The molecule has 3 atom stereocenters. The van der Waals surface area contributed by atoms with Gasteiger partial charge >= 0.3 is 12.0 Å². The Hall–Kier alpha value is -1.34. The summed E-state index contributed by atoms with van der Waals surface area (Å²) in [6.45, 7) is 4.66. The van der Waals surface area contributed by atoms with Crippen molar-refractivity contribution in [3.8, 4) is 0 Å². The van der Waals surface area contributed by atoms with Gasteiger partial charge in [-0.15, -0.1) is 0 Å². The van der Waals surface area contributed by atoms with Crippen molar-refractivity contribution in [1.29, 1.82) is 0 Å². The molecule has 7 heteroatoms. The van der Waals surface area contributed by atoms with Gasteiger partial charge in [-0.05, 0) is 14.0 Å². The number of piperazine rings is 1. The molecule has 0 aromatic heterocycles. The Kier molecular flexibility index (Phi) is 4.26. The zero-order valence-electron chi connectivity index (χ0n) is 11.3. The van der Waals surface area contributed by atoms with Crippen molar-refractivity contribution in [3.05, 3.63) is 0 Å². The van der Waals surface area contributed by atoms with Crippen LogP contribution >= 0.6 is 0 Å². The second kappa shape index (κ2) is 5.75. The predicted octanol–water partition coefficient (Wildman–Crippen LogP) is -0.568. The average molecular weight is 271 g/mol. The summed E-state index contributed by atoms with van der Waals surface area (Å²) in [4.78, 5) is 27.1. The van der Waals surface area contributed by atoms with Crippen LogP contribution in [0.2, 0.25) is 0 Å². The van der Waals surface area contributed by atoms with E-state index in [-0.39, 0.29) is 19.2 Å². The number of carbonyl (C=O) groups excluding carboxylic acids is 1. The molecule has 2 heterocycles. The van der Waals surface area contributed by atoms with Crippen molar-refractivity contribution in [2.75, 3.05) is 39.9 Å². The molecule has 0 radical (unpaired) electrons. The molecule has 2 aliphatic rings. The zero-order chi connectivity index (χ0) is 14.0. The Morgan fingerprint density at radius 1 is 1.32 bits per heavy atom. The maximum absolute atomic E-state index is 12.1. The van der Waals surface area contributed by atoms with E-state index in [9.17, 15) is 9.59 Å². The molecule has 7 nitrogen and oxygen atoms in total. The van der Waals surface area contributed by atoms with E-state index in [1.54, 1.807) is 4.90 Å². The number of nitrogens with zero attached hydrogens (tertiary/aromatic N) is 2. The molecular weight excluding hydrogens is 250 g/mol. The van der Waals surface area contributed by atoms with Gasteiger partial charge in [0.05, 0.1) is 19.3 Å². The van der Waals surface area contributed by atoms with Gasteiger partial charge in [0.15, 0.2) is 0 Å². The molecule has 0 spiro atoms. The first kappa shape index (κ1) is 14.1. The summed E-state index contributed by atoms with van der Waals surface area (Å²) in [6, 6.07) is -0.309. The molecule has 2 fully saturated rings. The lowest BCUT2D eigenvalue weighted by Crippen LogP contribution is -2.57. The first-order chi connectivity index (χ1) is 8.99. The Labute approximate surface area is 112 Å². The van der Waals surface area contributed by atoms with Gasteiger partial charge in [-0.1, -0.05) is 0 Å². The fourth-order valence-corrected chi connectivity index (χ4v) is 2.42. The molecule has 0 saturated carbocycles. The maximum atomic E-state index is 12.1. The number of urea groups is 1. The number of carboxylic acids is 1. The third-order valence-corrected chi connectivity index (χ3v) is 3.95. The minimum absolute atomic E-state index is 0.166. The van der Waals surface area contributed by atoms with Crippen LogP contribution in [0.4, 0.5) is 4.79 Å². The van der Waals surface area contributed by atoms with Crippen molar-refractivity contribution in [3.63, 3.8) is 0 Å². The van der Waals surface area contributed by atoms with Crippen LogP contribution in [0.5, 0.6) is 0 Å². The number of hydrogen-bond donors (Lipinski definition) is 2. The molecule has 0 bridgehead atoms. The number of likely N-dealkylation sites (N-methyl/N-ethyl adjacent to an activating group) is 1. The smallest absolute Gasteiger partial charge is 0.317 e. The number of ether oxygens (including phenoxy) is 1. The minimum Gasteiger partial charge on any atom is -0.481 e. The highest BCUT2D eigenvalue weighted by Crippen LogP contribution is 2.15. The topological polar surface area (TPSA) is 82.1 Å². The quantitative estimate of drug-likeness (QED) is 0.703. The van der Waals surface area contributed by atoms with Crippen LogP contribution < -0.4 is 5.32 Å². The van der Waals surface area contributed by atoms with E-state index >= 15 is 0 Å². The van der Waals surface area contributed by atoms with Crippen LogP contribution in [-0.4, -0.2) is 78.9 Å². The molecule has 2 rings (SSSR count). The summed E-state index contributed by atoms with van der Waals surface area (Å²) >= 11 is 0. The highest BCUT2D eigenvalue weighted by molar-refractivity contribution is 5.77. The standard InChI is InChI=1S/C12H21N3O4/c1-8-5-15(4-3-14(8)2)12(18)13-10-7-19-6-9(10)11(16)17/h8-10H,3-7H2,1-2H3,(H,13,18)(H,16,17). The van der Waals surface area contributed by atoms with Crippen LogP contribution in [0.25, 0.3) is 0 Å². The highest BCUT2D eigenvalue weighted by Gasteiger charge is 2.36. The Bertz CT molecular complexity index is 363. The molecule has 2 amide bonds. The largest absolute Gasteiger partial charge is 0.481 e. The second-order valence-electron chi connectivity index (χ2n) is 5.31. The van der Waals surface area contributed by atoms with Gasteiger partial charge in [0.2, 0.25) is 0 Å². The van der Waals surface area contributed by atoms with E-state index < -0.39 is 17.9 Å². The van der Waals surface area contributed by atoms with E-state index in [1.165, 1.54) is 0 Å². The molecule has 0 aromatic carbocycles. The molecule has 3 unspecified atom stereocenters. The van der Waals surface area contributed by atoms with E-state index in [0.717, 1.165) is 6.54 Å². The number of amides is 2. The Morgan fingerprint density at radius 2 is 2.05 bits per heavy atom. The SMILES string of the molecule is CC1CN(C(=O)NC2COCC2C(=O)O)CCN1C. The normalized spacial score (nSPS) is 32.3. The molecule has 2 N–H and O–H groups in total. The van der Waals surface area contributed by atoms with Crippen molar-refractivity contribution < 1.29 is 19.4 Å². The number of rotatable bonds is 2. The fourth-order valence-electron chi connectivity index (χ4n) is 2.42. The number of nitrogens with one attached hydrogen (secondary N) is 1. The van der Waals surface area contributed by atoms with Gasteiger partial charge < -0.3 is 25.0 Å². The van der Waals surface area contributed by atoms with Gasteiger partial charge in [-0.3, -0.25) is 4.79 Å². The molecule has 108 valence electrons. The zero-order valence-corrected chi connectivity index (χ0v) is 11.3. The summed E-state index contributed by atoms with van der Waals surface area (Å²) in [5.74, 6) is -1.57. The molecule has 2 aliphatic heterocycles. The van der Waals surface area contributed by atoms with Crippen molar-refractivity contribution in [1.82, 2.24) is 15.1 Å². The van der Waals surface area contributed by atoms with E-state index in [0.29, 0.717) is 19.1 Å². The van der Waals surface area contributed by atoms with E-state index in [2.05, 4.69) is 17.1 Å². The lowest BCUT2D eigenvalue weighted by Gasteiger charge is -2.38. The molecule has 0 aliphatic carbocycles. The third kappa shape index (κ3) is 3.16. The Balaban J connectivity index is 1.89. The molecular formula is C12H21N3O4. The summed E-state index contributed by atoms with van der Waals surface area (Å²) in [6.07, 6.45) is 0. The summed E-state index contributed by atoms with van der Waals surface area (Å²) in [5.41, 5.74) is 0. The second-order valence-corrected chi connectivity index (χ2v) is 5.31. The van der Waals surface area contributed by atoms with Crippen molar-refractivity contribution in [2.24, 2.45) is 5.92 Å². The monoisotopic (exact) mass is 271 g/mol. The fraction of sp³-hybridized carbons (Fsp3) is 0.833.